The maximum Gasteiger partial charge on any atom is 0.337 e. The first-order chi connectivity index (χ1) is 10.1. The van der Waals surface area contributed by atoms with E-state index in [-0.39, 0.29) is 17.8 Å². The predicted molar refractivity (Wildman–Crippen MR) is 74.0 cm³/mol. The highest BCUT2D eigenvalue weighted by molar-refractivity contribution is 5.89. The van der Waals surface area contributed by atoms with Crippen LogP contribution in [0, 0.1) is 17.1 Å². The first-order valence-corrected chi connectivity index (χ1v) is 6.12. The number of hydrogen-bond acceptors (Lipinski definition) is 5. The molecule has 0 spiro atoms. The molecule has 5 nitrogen and oxygen atoms in total. The molecule has 0 aliphatic rings. The van der Waals surface area contributed by atoms with Crippen molar-refractivity contribution in [3.05, 3.63) is 59.0 Å². The number of carbonyl (C=O) groups excluding carboxylic acids is 1. The molecular formula is C15H12FN3O2. The summed E-state index contributed by atoms with van der Waals surface area (Å²) < 4.78 is 18.3. The van der Waals surface area contributed by atoms with Crippen LogP contribution >= 0.6 is 0 Å². The molecule has 21 heavy (non-hydrogen) atoms. The van der Waals surface area contributed by atoms with Gasteiger partial charge in [0.05, 0.1) is 12.7 Å². The van der Waals surface area contributed by atoms with E-state index in [0.29, 0.717) is 11.4 Å². The van der Waals surface area contributed by atoms with Crippen LogP contribution in [0.4, 0.5) is 10.2 Å². The fourth-order valence-corrected chi connectivity index (χ4v) is 1.74. The van der Waals surface area contributed by atoms with Crippen LogP contribution in [0.15, 0.2) is 36.4 Å². The van der Waals surface area contributed by atoms with Crippen molar-refractivity contribution in [3.8, 4) is 6.07 Å². The Balaban J connectivity index is 2.15. The second kappa shape index (κ2) is 6.48. The average Bonchev–Trinajstić information content (AvgIpc) is 2.53. The average molecular weight is 285 g/mol. The molecule has 1 N–H and O–H groups in total. The number of nitriles is 1. The number of rotatable bonds is 4. The van der Waals surface area contributed by atoms with Gasteiger partial charge in [-0.05, 0) is 30.3 Å². The molecule has 2 rings (SSSR count). The van der Waals surface area contributed by atoms with Gasteiger partial charge in [-0.3, -0.25) is 0 Å². The van der Waals surface area contributed by atoms with Crippen LogP contribution in [-0.4, -0.2) is 18.1 Å². The highest BCUT2D eigenvalue weighted by Gasteiger charge is 2.10. The summed E-state index contributed by atoms with van der Waals surface area (Å²) >= 11 is 0. The minimum absolute atomic E-state index is 0.137. The Labute approximate surface area is 121 Å². The molecule has 0 aliphatic heterocycles. The summed E-state index contributed by atoms with van der Waals surface area (Å²) in [4.78, 5) is 15.4. The third kappa shape index (κ3) is 3.54. The van der Waals surface area contributed by atoms with E-state index in [4.69, 9.17) is 5.26 Å². The molecule has 1 aromatic heterocycles. The van der Waals surface area contributed by atoms with Gasteiger partial charge in [0, 0.05) is 12.1 Å². The molecule has 0 saturated carbocycles. The molecule has 0 aliphatic carbocycles. The van der Waals surface area contributed by atoms with Gasteiger partial charge in [0.1, 0.15) is 23.4 Å². The van der Waals surface area contributed by atoms with Crippen molar-refractivity contribution in [2.45, 2.75) is 6.54 Å². The van der Waals surface area contributed by atoms with Crippen LogP contribution in [0.1, 0.15) is 21.6 Å². The lowest BCUT2D eigenvalue weighted by Gasteiger charge is -2.08. The Morgan fingerprint density at radius 1 is 1.43 bits per heavy atom. The normalized spacial score (nSPS) is 9.76. The number of methoxy groups -OCH3 is 1. The van der Waals surface area contributed by atoms with Crippen LogP contribution in [0.2, 0.25) is 0 Å². The van der Waals surface area contributed by atoms with Crippen LogP contribution in [0.25, 0.3) is 0 Å². The van der Waals surface area contributed by atoms with Gasteiger partial charge in [0.25, 0.3) is 0 Å². The Morgan fingerprint density at radius 2 is 2.24 bits per heavy atom. The van der Waals surface area contributed by atoms with Gasteiger partial charge in [0.2, 0.25) is 0 Å². The third-order valence-electron chi connectivity index (χ3n) is 2.79. The lowest BCUT2D eigenvalue weighted by atomic mass is 10.1. The van der Waals surface area contributed by atoms with Crippen LogP contribution in [0.5, 0.6) is 0 Å². The molecule has 106 valence electrons. The number of anilines is 1. The third-order valence-corrected chi connectivity index (χ3v) is 2.79. The van der Waals surface area contributed by atoms with E-state index in [1.165, 1.54) is 25.3 Å². The standard InChI is InChI=1S/C15H12FN3O2/c1-21-15(20)10-5-6-13(16)11(7-10)9-18-14-4-2-3-12(8-17)19-14/h2-7H,9H2,1H3,(H,18,19). The molecule has 0 bridgehead atoms. The van der Waals surface area contributed by atoms with Crippen LogP contribution in [-0.2, 0) is 11.3 Å². The quantitative estimate of drug-likeness (QED) is 0.873. The number of hydrogen-bond donors (Lipinski definition) is 1. The van der Waals surface area contributed by atoms with Crippen molar-refractivity contribution in [1.29, 1.82) is 5.26 Å². The lowest BCUT2D eigenvalue weighted by molar-refractivity contribution is 0.0600. The SMILES string of the molecule is COC(=O)c1ccc(F)c(CNc2cccc(C#N)n2)c1. The smallest absolute Gasteiger partial charge is 0.337 e. The fourth-order valence-electron chi connectivity index (χ4n) is 1.74. The number of ether oxygens (including phenoxy) is 1. The van der Waals surface area contributed by atoms with Crippen LogP contribution in [0.3, 0.4) is 0 Å². The predicted octanol–water partition coefficient (Wildman–Crippen LogP) is 2.49. The highest BCUT2D eigenvalue weighted by Crippen LogP contribution is 2.14. The molecular weight excluding hydrogens is 273 g/mol. The number of pyridine rings is 1. The number of esters is 1. The van der Waals surface area contributed by atoms with Gasteiger partial charge in [0.15, 0.2) is 0 Å². The number of benzene rings is 1. The van der Waals surface area contributed by atoms with E-state index in [2.05, 4.69) is 15.0 Å². The Morgan fingerprint density at radius 3 is 2.95 bits per heavy atom. The Hall–Kier alpha value is -2.94. The minimum atomic E-state index is -0.527. The summed E-state index contributed by atoms with van der Waals surface area (Å²) in [5.41, 5.74) is 0.847. The van der Waals surface area contributed by atoms with Gasteiger partial charge in [-0.1, -0.05) is 6.07 Å². The van der Waals surface area contributed by atoms with Crippen molar-refractivity contribution in [1.82, 2.24) is 4.98 Å². The Bertz CT molecular complexity index is 710. The molecule has 0 unspecified atom stereocenters. The highest BCUT2D eigenvalue weighted by atomic mass is 19.1. The summed E-state index contributed by atoms with van der Waals surface area (Å²) in [5.74, 6) is -0.510. The zero-order valence-corrected chi connectivity index (χ0v) is 11.3. The van der Waals surface area contributed by atoms with E-state index in [9.17, 15) is 9.18 Å². The first kappa shape index (κ1) is 14.5. The van der Waals surface area contributed by atoms with E-state index < -0.39 is 11.8 Å². The van der Waals surface area contributed by atoms with Gasteiger partial charge >= 0.3 is 5.97 Å². The van der Waals surface area contributed by atoms with E-state index >= 15 is 0 Å². The van der Waals surface area contributed by atoms with Gasteiger partial charge in [-0.2, -0.15) is 5.26 Å². The van der Waals surface area contributed by atoms with Gasteiger partial charge in [-0.25, -0.2) is 14.2 Å². The van der Waals surface area contributed by atoms with Crippen LogP contribution < -0.4 is 5.32 Å². The topological polar surface area (TPSA) is 75.0 Å². The molecule has 2 aromatic rings. The lowest BCUT2D eigenvalue weighted by Crippen LogP contribution is -2.07. The largest absolute Gasteiger partial charge is 0.465 e. The number of halogens is 1. The van der Waals surface area contributed by atoms with Crippen molar-refractivity contribution in [2.24, 2.45) is 0 Å². The molecule has 0 radical (unpaired) electrons. The van der Waals surface area contributed by atoms with Crippen molar-refractivity contribution in [3.63, 3.8) is 0 Å². The summed E-state index contributed by atoms with van der Waals surface area (Å²) in [5, 5.41) is 11.7. The maximum absolute atomic E-state index is 13.7. The first-order valence-electron chi connectivity index (χ1n) is 6.12. The van der Waals surface area contributed by atoms with Crippen molar-refractivity contribution < 1.29 is 13.9 Å². The zero-order valence-electron chi connectivity index (χ0n) is 11.3. The summed E-state index contributed by atoms with van der Waals surface area (Å²) in [6, 6.07) is 10.8. The molecule has 0 amide bonds. The number of carbonyl (C=O) groups is 1. The molecule has 0 atom stereocenters. The van der Waals surface area contributed by atoms with E-state index in [1.54, 1.807) is 18.2 Å². The fraction of sp³-hybridized carbons (Fsp3) is 0.133. The molecule has 6 heteroatoms. The summed E-state index contributed by atoms with van der Waals surface area (Å²) in [7, 11) is 1.26. The van der Waals surface area contributed by atoms with Gasteiger partial charge in [-0.15, -0.1) is 0 Å². The minimum Gasteiger partial charge on any atom is -0.465 e. The number of nitrogens with zero attached hydrogens (tertiary/aromatic N) is 2. The van der Waals surface area contributed by atoms with E-state index in [0.717, 1.165) is 0 Å². The molecule has 0 saturated heterocycles. The monoisotopic (exact) mass is 285 g/mol. The zero-order chi connectivity index (χ0) is 15.2. The molecule has 1 heterocycles. The maximum atomic E-state index is 13.7. The van der Waals surface area contributed by atoms with E-state index in [1.807, 2.05) is 6.07 Å². The van der Waals surface area contributed by atoms with Crippen molar-refractivity contribution in [2.75, 3.05) is 12.4 Å². The second-order valence-corrected chi connectivity index (χ2v) is 4.17. The molecule has 1 aromatic carbocycles. The summed E-state index contributed by atoms with van der Waals surface area (Å²) in [6.45, 7) is 0.137. The molecule has 0 fully saturated rings. The second-order valence-electron chi connectivity index (χ2n) is 4.17. The van der Waals surface area contributed by atoms with Crippen molar-refractivity contribution >= 4 is 11.8 Å². The number of nitrogens with one attached hydrogen (secondary N) is 1. The Kier molecular flexibility index (Phi) is 4.46. The van der Waals surface area contributed by atoms with Gasteiger partial charge < -0.3 is 10.1 Å². The number of aromatic nitrogens is 1. The summed E-state index contributed by atoms with van der Waals surface area (Å²) in [6.07, 6.45) is 0.